The van der Waals surface area contributed by atoms with Crippen molar-refractivity contribution < 1.29 is 19.0 Å². The van der Waals surface area contributed by atoms with E-state index in [-0.39, 0.29) is 5.91 Å². The number of hydrogen-bond donors (Lipinski definition) is 0. The minimum atomic E-state index is 0.0336. The third-order valence-electron chi connectivity index (χ3n) is 4.28. The van der Waals surface area contributed by atoms with Gasteiger partial charge in [-0.25, -0.2) is 0 Å². The Labute approximate surface area is 155 Å². The van der Waals surface area contributed by atoms with Crippen molar-refractivity contribution in [3.63, 3.8) is 0 Å². The standard InChI is InChI=1S/C21H27NO4/c1-15-6-8-18(9-7-15)26-11-10-21(23)22(3)14-17-13-20(25-5)19(24-4)12-16(17)2/h6-9,12-13H,10-11,14H2,1-5H3. The van der Waals surface area contributed by atoms with E-state index in [1.807, 2.05) is 50.2 Å². The van der Waals surface area contributed by atoms with Gasteiger partial charge in [0.2, 0.25) is 5.91 Å². The number of aryl methyl sites for hydroxylation is 2. The zero-order valence-corrected chi connectivity index (χ0v) is 16.2. The van der Waals surface area contributed by atoms with Crippen LogP contribution in [0.15, 0.2) is 36.4 Å². The lowest BCUT2D eigenvalue weighted by Crippen LogP contribution is -2.27. The highest BCUT2D eigenvalue weighted by atomic mass is 16.5. The van der Waals surface area contributed by atoms with Crippen LogP contribution >= 0.6 is 0 Å². The summed E-state index contributed by atoms with van der Waals surface area (Å²) in [6, 6.07) is 11.6. The van der Waals surface area contributed by atoms with Gasteiger partial charge in [-0.15, -0.1) is 0 Å². The molecule has 2 rings (SSSR count). The van der Waals surface area contributed by atoms with E-state index in [0.717, 1.165) is 16.9 Å². The van der Waals surface area contributed by atoms with E-state index in [4.69, 9.17) is 14.2 Å². The molecular formula is C21H27NO4. The van der Waals surface area contributed by atoms with Gasteiger partial charge in [-0.1, -0.05) is 17.7 Å². The first-order chi connectivity index (χ1) is 12.4. The van der Waals surface area contributed by atoms with Crippen molar-refractivity contribution >= 4 is 5.91 Å². The van der Waals surface area contributed by atoms with Crippen molar-refractivity contribution in [2.24, 2.45) is 0 Å². The van der Waals surface area contributed by atoms with Crippen LogP contribution in [0.3, 0.4) is 0 Å². The van der Waals surface area contributed by atoms with Crippen molar-refractivity contribution in [1.29, 1.82) is 0 Å². The molecule has 0 heterocycles. The molecule has 0 aliphatic heterocycles. The average molecular weight is 357 g/mol. The number of hydrogen-bond acceptors (Lipinski definition) is 4. The van der Waals surface area contributed by atoms with Crippen LogP contribution in [-0.4, -0.2) is 38.7 Å². The molecule has 0 aliphatic rings. The molecule has 1 amide bonds. The average Bonchev–Trinajstić information content (AvgIpc) is 2.64. The zero-order chi connectivity index (χ0) is 19.1. The minimum Gasteiger partial charge on any atom is -0.493 e. The Kier molecular flexibility index (Phi) is 6.89. The first kappa shape index (κ1) is 19.6. The number of methoxy groups -OCH3 is 2. The maximum Gasteiger partial charge on any atom is 0.226 e. The highest BCUT2D eigenvalue weighted by Gasteiger charge is 2.14. The van der Waals surface area contributed by atoms with Crippen molar-refractivity contribution in [3.05, 3.63) is 53.1 Å². The van der Waals surface area contributed by atoms with Crippen LogP contribution in [0, 0.1) is 13.8 Å². The van der Waals surface area contributed by atoms with Gasteiger partial charge in [0.05, 0.1) is 27.2 Å². The Morgan fingerprint density at radius 2 is 1.62 bits per heavy atom. The maximum absolute atomic E-state index is 12.4. The second-order valence-electron chi connectivity index (χ2n) is 6.29. The summed E-state index contributed by atoms with van der Waals surface area (Å²) in [6.45, 7) is 4.89. The quantitative estimate of drug-likeness (QED) is 0.722. The van der Waals surface area contributed by atoms with Crippen LogP contribution in [-0.2, 0) is 11.3 Å². The topological polar surface area (TPSA) is 48.0 Å². The molecule has 0 atom stereocenters. The molecule has 0 saturated carbocycles. The summed E-state index contributed by atoms with van der Waals surface area (Å²) < 4.78 is 16.3. The van der Waals surface area contributed by atoms with Gasteiger partial charge in [0.15, 0.2) is 11.5 Å². The molecule has 0 unspecified atom stereocenters. The number of carbonyl (C=O) groups is 1. The second kappa shape index (κ2) is 9.13. The third kappa shape index (κ3) is 5.15. The number of rotatable bonds is 8. The van der Waals surface area contributed by atoms with E-state index in [2.05, 4.69) is 0 Å². The summed E-state index contributed by atoms with van der Waals surface area (Å²) in [4.78, 5) is 14.1. The van der Waals surface area contributed by atoms with Crippen molar-refractivity contribution in [2.45, 2.75) is 26.8 Å². The van der Waals surface area contributed by atoms with E-state index in [1.165, 1.54) is 5.56 Å². The summed E-state index contributed by atoms with van der Waals surface area (Å²) in [6.07, 6.45) is 0.330. The van der Waals surface area contributed by atoms with Crippen molar-refractivity contribution in [1.82, 2.24) is 4.90 Å². The first-order valence-electron chi connectivity index (χ1n) is 8.59. The van der Waals surface area contributed by atoms with Gasteiger partial charge in [0, 0.05) is 13.6 Å². The molecule has 5 heteroatoms. The summed E-state index contributed by atoms with van der Waals surface area (Å²) in [5, 5.41) is 0. The number of ether oxygens (including phenoxy) is 3. The number of nitrogens with zero attached hydrogens (tertiary/aromatic N) is 1. The Balaban J connectivity index is 1.91. The monoisotopic (exact) mass is 357 g/mol. The molecule has 140 valence electrons. The number of carbonyl (C=O) groups excluding carboxylic acids is 1. The molecule has 5 nitrogen and oxygen atoms in total. The van der Waals surface area contributed by atoms with Crippen LogP contribution in [0.2, 0.25) is 0 Å². The van der Waals surface area contributed by atoms with Crippen molar-refractivity contribution in [3.8, 4) is 17.2 Å². The predicted molar refractivity (Wildman–Crippen MR) is 102 cm³/mol. The fourth-order valence-corrected chi connectivity index (χ4v) is 2.62. The minimum absolute atomic E-state index is 0.0336. The van der Waals surface area contributed by atoms with Crippen LogP contribution in [0.5, 0.6) is 17.2 Å². The predicted octanol–water partition coefficient (Wildman–Crippen LogP) is 3.75. The highest BCUT2D eigenvalue weighted by molar-refractivity contribution is 5.76. The fourth-order valence-electron chi connectivity index (χ4n) is 2.62. The van der Waals surface area contributed by atoms with Crippen LogP contribution < -0.4 is 14.2 Å². The van der Waals surface area contributed by atoms with Gasteiger partial charge >= 0.3 is 0 Å². The molecule has 2 aromatic carbocycles. The molecule has 0 aromatic heterocycles. The van der Waals surface area contributed by atoms with E-state index >= 15 is 0 Å². The van der Waals surface area contributed by atoms with Gasteiger partial charge < -0.3 is 19.1 Å². The first-order valence-corrected chi connectivity index (χ1v) is 8.59. The Morgan fingerprint density at radius 1 is 1.00 bits per heavy atom. The Bertz CT molecular complexity index is 740. The molecule has 0 radical (unpaired) electrons. The molecule has 0 N–H and O–H groups in total. The number of benzene rings is 2. The lowest BCUT2D eigenvalue weighted by Gasteiger charge is -2.20. The zero-order valence-electron chi connectivity index (χ0n) is 16.2. The van der Waals surface area contributed by atoms with Gasteiger partial charge in [-0.05, 0) is 49.2 Å². The second-order valence-corrected chi connectivity index (χ2v) is 6.29. The molecule has 0 spiro atoms. The van der Waals surface area contributed by atoms with Crippen LogP contribution in [0.25, 0.3) is 0 Å². The largest absolute Gasteiger partial charge is 0.493 e. The van der Waals surface area contributed by atoms with Crippen LogP contribution in [0.1, 0.15) is 23.1 Å². The van der Waals surface area contributed by atoms with Gasteiger partial charge in [0.25, 0.3) is 0 Å². The molecule has 0 fully saturated rings. The van der Waals surface area contributed by atoms with Gasteiger partial charge in [-0.3, -0.25) is 4.79 Å². The molecular weight excluding hydrogens is 330 g/mol. The maximum atomic E-state index is 12.4. The van der Waals surface area contributed by atoms with E-state index in [1.54, 1.807) is 26.2 Å². The van der Waals surface area contributed by atoms with Crippen molar-refractivity contribution in [2.75, 3.05) is 27.9 Å². The fraction of sp³-hybridized carbons (Fsp3) is 0.381. The van der Waals surface area contributed by atoms with E-state index < -0.39 is 0 Å². The Morgan fingerprint density at radius 3 is 2.23 bits per heavy atom. The molecule has 0 bridgehead atoms. The molecule has 26 heavy (non-hydrogen) atoms. The van der Waals surface area contributed by atoms with Crippen LogP contribution in [0.4, 0.5) is 0 Å². The lowest BCUT2D eigenvalue weighted by atomic mass is 10.1. The third-order valence-corrected chi connectivity index (χ3v) is 4.28. The van der Waals surface area contributed by atoms with E-state index in [9.17, 15) is 4.79 Å². The normalized spacial score (nSPS) is 10.3. The summed E-state index contributed by atoms with van der Waals surface area (Å²) in [5.41, 5.74) is 3.26. The van der Waals surface area contributed by atoms with Gasteiger partial charge in [0.1, 0.15) is 5.75 Å². The van der Waals surface area contributed by atoms with Gasteiger partial charge in [-0.2, -0.15) is 0 Å². The lowest BCUT2D eigenvalue weighted by molar-refractivity contribution is -0.130. The highest BCUT2D eigenvalue weighted by Crippen LogP contribution is 2.30. The summed E-state index contributed by atoms with van der Waals surface area (Å²) >= 11 is 0. The van der Waals surface area contributed by atoms with E-state index in [0.29, 0.717) is 31.1 Å². The molecule has 0 aliphatic carbocycles. The summed E-state index contributed by atoms with van der Waals surface area (Å²) in [5.74, 6) is 2.17. The number of amides is 1. The summed E-state index contributed by atoms with van der Waals surface area (Å²) in [7, 11) is 5.01. The SMILES string of the molecule is COc1cc(C)c(CN(C)C(=O)CCOc2ccc(C)cc2)cc1OC. The molecule has 2 aromatic rings. The molecule has 0 saturated heterocycles. The Hall–Kier alpha value is -2.69. The smallest absolute Gasteiger partial charge is 0.226 e.